The molecule has 0 fully saturated rings. The minimum atomic E-state index is -0.670. The number of aromatic hydroxyl groups is 3. The molecular formula is C16H22O5. The maximum absolute atomic E-state index is 11.7. The molecule has 0 aromatic heterocycles. The van der Waals surface area contributed by atoms with Crippen molar-refractivity contribution in [2.75, 3.05) is 6.61 Å². The van der Waals surface area contributed by atoms with Gasteiger partial charge in [-0.2, -0.15) is 0 Å². The predicted molar refractivity (Wildman–Crippen MR) is 79.6 cm³/mol. The van der Waals surface area contributed by atoms with Gasteiger partial charge in [-0.25, -0.2) is 4.79 Å². The Hall–Kier alpha value is -2.17. The van der Waals surface area contributed by atoms with Crippen LogP contribution in [0.5, 0.6) is 17.2 Å². The number of carbonyl (C=O) groups is 1. The van der Waals surface area contributed by atoms with Crippen LogP contribution in [0, 0.1) is 0 Å². The zero-order valence-electron chi connectivity index (χ0n) is 12.2. The van der Waals surface area contributed by atoms with Crippen molar-refractivity contribution in [3.05, 3.63) is 29.8 Å². The number of benzene rings is 1. The van der Waals surface area contributed by atoms with Gasteiger partial charge in [0.1, 0.15) is 6.61 Å². The second-order valence-electron chi connectivity index (χ2n) is 4.78. The van der Waals surface area contributed by atoms with Crippen LogP contribution in [0.3, 0.4) is 0 Å². The van der Waals surface area contributed by atoms with Gasteiger partial charge in [-0.3, -0.25) is 0 Å². The van der Waals surface area contributed by atoms with Crippen molar-refractivity contribution in [3.63, 3.8) is 0 Å². The molecule has 0 amide bonds. The number of carbonyl (C=O) groups excluding carboxylic acids is 1. The molecular weight excluding hydrogens is 272 g/mol. The molecule has 0 aliphatic carbocycles. The van der Waals surface area contributed by atoms with Gasteiger partial charge in [0.05, 0.1) is 5.56 Å². The number of hydrogen-bond acceptors (Lipinski definition) is 5. The molecule has 0 heterocycles. The lowest BCUT2D eigenvalue weighted by atomic mass is 10.1. The summed E-state index contributed by atoms with van der Waals surface area (Å²) in [5.41, 5.74) is -0.0147. The van der Waals surface area contributed by atoms with Crippen LogP contribution in [0.15, 0.2) is 24.3 Å². The molecule has 116 valence electrons. The lowest BCUT2D eigenvalue weighted by Crippen LogP contribution is -2.04. The van der Waals surface area contributed by atoms with Gasteiger partial charge in [-0.15, -0.1) is 0 Å². The third-order valence-electron chi connectivity index (χ3n) is 3.01. The highest BCUT2D eigenvalue weighted by Gasteiger charge is 2.13. The average Bonchev–Trinajstić information content (AvgIpc) is 2.46. The number of esters is 1. The van der Waals surface area contributed by atoms with Crippen LogP contribution in [-0.2, 0) is 4.74 Å². The Labute approximate surface area is 124 Å². The highest BCUT2D eigenvalue weighted by atomic mass is 16.5. The molecule has 5 heteroatoms. The van der Waals surface area contributed by atoms with E-state index in [0.29, 0.717) is 0 Å². The number of allylic oxidation sites excluding steroid dienone is 1. The van der Waals surface area contributed by atoms with Crippen molar-refractivity contribution < 1.29 is 24.9 Å². The molecule has 1 aromatic carbocycles. The predicted octanol–water partition coefficient (Wildman–Crippen LogP) is 3.49. The van der Waals surface area contributed by atoms with Crippen molar-refractivity contribution in [3.8, 4) is 17.2 Å². The second kappa shape index (κ2) is 8.89. The molecule has 5 nitrogen and oxygen atoms in total. The van der Waals surface area contributed by atoms with Gasteiger partial charge in [0.2, 0.25) is 0 Å². The van der Waals surface area contributed by atoms with Gasteiger partial charge >= 0.3 is 5.97 Å². The summed E-state index contributed by atoms with van der Waals surface area (Å²) >= 11 is 0. The van der Waals surface area contributed by atoms with E-state index >= 15 is 0 Å². The fourth-order valence-corrected chi connectivity index (χ4v) is 1.80. The Kier molecular flexibility index (Phi) is 7.15. The van der Waals surface area contributed by atoms with Crippen LogP contribution < -0.4 is 0 Å². The minimum absolute atomic E-state index is 0.0147. The summed E-state index contributed by atoms with van der Waals surface area (Å²) in [4.78, 5) is 11.7. The maximum atomic E-state index is 11.7. The molecule has 0 atom stereocenters. The molecule has 21 heavy (non-hydrogen) atoms. The zero-order valence-corrected chi connectivity index (χ0v) is 12.2. The summed E-state index contributed by atoms with van der Waals surface area (Å²) in [5, 5.41) is 27.8. The third-order valence-corrected chi connectivity index (χ3v) is 3.01. The highest BCUT2D eigenvalue weighted by molar-refractivity contribution is 5.91. The summed E-state index contributed by atoms with van der Waals surface area (Å²) < 4.78 is 4.98. The second-order valence-corrected chi connectivity index (χ2v) is 4.78. The molecule has 0 unspecified atom stereocenters. The van der Waals surface area contributed by atoms with Crippen LogP contribution in [0.1, 0.15) is 49.4 Å². The topological polar surface area (TPSA) is 87.0 Å². The number of ether oxygens (including phenoxy) is 1. The Balaban J connectivity index is 2.36. The largest absolute Gasteiger partial charge is 0.504 e. The molecule has 1 rings (SSSR count). The summed E-state index contributed by atoms with van der Waals surface area (Å²) in [6, 6.07) is 2.09. The number of phenolic OH excluding ortho intramolecular Hbond substituents is 3. The van der Waals surface area contributed by atoms with E-state index in [0.717, 1.165) is 25.0 Å². The normalized spacial score (nSPS) is 10.9. The summed E-state index contributed by atoms with van der Waals surface area (Å²) in [6.07, 6.45) is 9.45. The first-order chi connectivity index (χ1) is 10.1. The van der Waals surface area contributed by atoms with Crippen LogP contribution in [0.2, 0.25) is 0 Å². The molecule has 0 saturated carbocycles. The Morgan fingerprint density at radius 1 is 1.10 bits per heavy atom. The van der Waals surface area contributed by atoms with Gasteiger partial charge in [0.25, 0.3) is 0 Å². The van der Waals surface area contributed by atoms with E-state index in [1.807, 2.05) is 6.08 Å². The quantitative estimate of drug-likeness (QED) is 0.296. The van der Waals surface area contributed by atoms with Gasteiger partial charge in [0.15, 0.2) is 17.2 Å². The monoisotopic (exact) mass is 294 g/mol. The highest BCUT2D eigenvalue weighted by Crippen LogP contribution is 2.35. The van der Waals surface area contributed by atoms with Gasteiger partial charge in [-0.05, 0) is 25.0 Å². The van der Waals surface area contributed by atoms with E-state index in [1.54, 1.807) is 6.08 Å². The van der Waals surface area contributed by atoms with Gasteiger partial charge in [0, 0.05) is 0 Å². The van der Waals surface area contributed by atoms with Crippen molar-refractivity contribution in [2.45, 2.75) is 39.0 Å². The van der Waals surface area contributed by atoms with Crippen molar-refractivity contribution in [1.82, 2.24) is 0 Å². The van der Waals surface area contributed by atoms with E-state index in [9.17, 15) is 20.1 Å². The molecule has 0 aliphatic heterocycles. The summed E-state index contributed by atoms with van der Waals surface area (Å²) in [6.45, 7) is 2.29. The SMILES string of the molecule is CCCCCC/C=C\COC(=O)c1cc(O)c(O)c(O)c1. The molecule has 3 N–H and O–H groups in total. The number of unbranched alkanes of at least 4 members (excludes halogenated alkanes) is 4. The number of rotatable bonds is 8. The van der Waals surface area contributed by atoms with E-state index in [-0.39, 0.29) is 12.2 Å². The molecule has 0 saturated heterocycles. The van der Waals surface area contributed by atoms with Crippen LogP contribution in [-0.4, -0.2) is 27.9 Å². The third kappa shape index (κ3) is 5.77. The summed E-state index contributed by atoms with van der Waals surface area (Å²) in [7, 11) is 0. The molecule has 0 bridgehead atoms. The van der Waals surface area contributed by atoms with Crippen LogP contribution in [0.4, 0.5) is 0 Å². The maximum Gasteiger partial charge on any atom is 0.338 e. The zero-order chi connectivity index (χ0) is 15.7. The first-order valence-corrected chi connectivity index (χ1v) is 7.13. The first-order valence-electron chi connectivity index (χ1n) is 7.13. The minimum Gasteiger partial charge on any atom is -0.504 e. The Bertz CT molecular complexity index is 470. The fraction of sp³-hybridized carbons (Fsp3) is 0.438. The standard InChI is InChI=1S/C16H22O5/c1-2-3-4-5-6-7-8-9-21-16(20)12-10-13(17)15(19)14(18)11-12/h7-8,10-11,17-19H,2-6,9H2,1H3/b8-7-. The lowest BCUT2D eigenvalue weighted by Gasteiger charge is -2.05. The molecule has 1 aromatic rings. The Morgan fingerprint density at radius 2 is 1.76 bits per heavy atom. The van der Waals surface area contributed by atoms with E-state index < -0.39 is 23.2 Å². The lowest BCUT2D eigenvalue weighted by molar-refractivity contribution is 0.0548. The van der Waals surface area contributed by atoms with E-state index in [2.05, 4.69) is 6.92 Å². The molecule has 0 spiro atoms. The number of hydrogen-bond donors (Lipinski definition) is 3. The Morgan fingerprint density at radius 3 is 2.38 bits per heavy atom. The average molecular weight is 294 g/mol. The fourth-order valence-electron chi connectivity index (χ4n) is 1.80. The summed E-state index contributed by atoms with van der Waals surface area (Å²) in [5.74, 6) is -2.45. The van der Waals surface area contributed by atoms with E-state index in [1.165, 1.54) is 19.3 Å². The van der Waals surface area contributed by atoms with Gasteiger partial charge in [-0.1, -0.05) is 38.3 Å². The smallest absolute Gasteiger partial charge is 0.338 e. The van der Waals surface area contributed by atoms with E-state index in [4.69, 9.17) is 4.74 Å². The van der Waals surface area contributed by atoms with Crippen LogP contribution >= 0.6 is 0 Å². The van der Waals surface area contributed by atoms with Crippen molar-refractivity contribution >= 4 is 5.97 Å². The van der Waals surface area contributed by atoms with Gasteiger partial charge < -0.3 is 20.1 Å². The van der Waals surface area contributed by atoms with Crippen molar-refractivity contribution in [1.29, 1.82) is 0 Å². The van der Waals surface area contributed by atoms with Crippen LogP contribution in [0.25, 0.3) is 0 Å². The molecule has 0 aliphatic rings. The number of phenols is 3. The van der Waals surface area contributed by atoms with Crippen molar-refractivity contribution in [2.24, 2.45) is 0 Å². The first kappa shape index (κ1) is 16.9. The molecule has 0 radical (unpaired) electrons.